The van der Waals surface area contributed by atoms with Gasteiger partial charge in [-0.1, -0.05) is 0 Å². The molecule has 1 saturated heterocycles. The van der Waals surface area contributed by atoms with Crippen LogP contribution in [-0.4, -0.2) is 44.1 Å². The van der Waals surface area contributed by atoms with Gasteiger partial charge in [0.15, 0.2) is 0 Å². The quantitative estimate of drug-likeness (QED) is 0.858. The van der Waals surface area contributed by atoms with E-state index in [9.17, 15) is 9.59 Å². The second-order valence-electron chi connectivity index (χ2n) is 6.11. The van der Waals surface area contributed by atoms with E-state index in [-0.39, 0.29) is 12.0 Å². The minimum absolute atomic E-state index is 0.0103. The largest absolute Gasteiger partial charge is 0.486 e. The molecule has 0 N–H and O–H groups in total. The lowest BCUT2D eigenvalue weighted by atomic mass is 10.1. The summed E-state index contributed by atoms with van der Waals surface area (Å²) in [6.07, 6.45) is -0.101. The normalized spacial score (nSPS) is 14.2. The van der Waals surface area contributed by atoms with Gasteiger partial charge in [0, 0.05) is 31.4 Å². The van der Waals surface area contributed by atoms with Crippen LogP contribution in [0.1, 0.15) is 16.1 Å². The summed E-state index contributed by atoms with van der Waals surface area (Å²) < 4.78 is 10.6. The number of hydrogen-bond acceptors (Lipinski definition) is 5. The summed E-state index contributed by atoms with van der Waals surface area (Å²) in [6, 6.07) is 10.5. The zero-order chi connectivity index (χ0) is 17.3. The van der Waals surface area contributed by atoms with Gasteiger partial charge >= 0.3 is 5.63 Å². The lowest BCUT2D eigenvalue weighted by Gasteiger charge is -2.39. The Morgan fingerprint density at radius 1 is 1.21 bits per heavy atom. The summed E-state index contributed by atoms with van der Waals surface area (Å²) in [4.78, 5) is 27.4. The Morgan fingerprint density at radius 2 is 1.88 bits per heavy atom. The van der Waals surface area contributed by atoms with Crippen LogP contribution in [-0.2, 0) is 0 Å². The molecule has 0 atom stereocenters. The van der Waals surface area contributed by atoms with Gasteiger partial charge in [-0.05, 0) is 31.2 Å². The molecule has 1 aliphatic rings. The molecule has 3 rings (SSSR count). The van der Waals surface area contributed by atoms with Crippen LogP contribution in [0.4, 0.5) is 5.69 Å². The van der Waals surface area contributed by atoms with E-state index in [0.29, 0.717) is 30.2 Å². The number of amides is 1. The first-order chi connectivity index (χ1) is 11.4. The average Bonchev–Trinajstić information content (AvgIpc) is 2.49. The Balaban J connectivity index is 1.57. The zero-order valence-corrected chi connectivity index (χ0v) is 14.0. The number of hydrogen-bond donors (Lipinski definition) is 0. The third kappa shape index (κ3) is 3.42. The van der Waals surface area contributed by atoms with Gasteiger partial charge in [0.2, 0.25) is 0 Å². The van der Waals surface area contributed by atoms with Crippen LogP contribution in [0.15, 0.2) is 45.6 Å². The lowest BCUT2D eigenvalue weighted by molar-refractivity contribution is 0.0175. The Labute approximate surface area is 140 Å². The molecule has 0 aliphatic carbocycles. The van der Waals surface area contributed by atoms with E-state index in [1.807, 2.05) is 43.3 Å². The first-order valence-electron chi connectivity index (χ1n) is 7.77. The van der Waals surface area contributed by atoms with Gasteiger partial charge in [-0.3, -0.25) is 4.79 Å². The predicted octanol–water partition coefficient (Wildman–Crippen LogP) is 1.92. The van der Waals surface area contributed by atoms with Crippen LogP contribution in [0, 0.1) is 6.92 Å². The summed E-state index contributed by atoms with van der Waals surface area (Å²) in [5.74, 6) is 0.978. The maximum Gasteiger partial charge on any atom is 0.339 e. The van der Waals surface area contributed by atoms with Crippen molar-refractivity contribution in [3.63, 3.8) is 0 Å². The standard InChI is InChI=1S/C18H20N2O4/c1-12-8-15(9-17(21)23-12)24-16-10-20(11-16)18(22)13-4-6-14(7-5-13)19(2)3/h4-9,16H,10-11H2,1-3H3. The first-order valence-corrected chi connectivity index (χ1v) is 7.77. The highest BCUT2D eigenvalue weighted by atomic mass is 16.5. The topological polar surface area (TPSA) is 63.0 Å². The average molecular weight is 328 g/mol. The number of ether oxygens (including phenoxy) is 1. The Bertz CT molecular complexity index is 789. The first kappa shape index (κ1) is 16.1. The Hall–Kier alpha value is -2.76. The molecule has 1 fully saturated rings. The van der Waals surface area contributed by atoms with Crippen molar-refractivity contribution in [1.82, 2.24) is 4.90 Å². The molecule has 126 valence electrons. The van der Waals surface area contributed by atoms with E-state index in [0.717, 1.165) is 5.69 Å². The summed E-state index contributed by atoms with van der Waals surface area (Å²) in [7, 11) is 3.92. The molecule has 0 spiro atoms. The lowest BCUT2D eigenvalue weighted by Crippen LogP contribution is -2.56. The van der Waals surface area contributed by atoms with Gasteiger partial charge < -0.3 is 19.0 Å². The van der Waals surface area contributed by atoms with Gasteiger partial charge in [0.05, 0.1) is 19.2 Å². The van der Waals surface area contributed by atoms with E-state index in [4.69, 9.17) is 9.15 Å². The van der Waals surface area contributed by atoms with Crippen molar-refractivity contribution in [2.75, 3.05) is 32.1 Å². The molecule has 0 bridgehead atoms. The van der Waals surface area contributed by atoms with E-state index >= 15 is 0 Å². The number of nitrogens with zero attached hydrogens (tertiary/aromatic N) is 2. The van der Waals surface area contributed by atoms with Gasteiger partial charge in [0.1, 0.15) is 17.6 Å². The van der Waals surface area contributed by atoms with Gasteiger partial charge in [-0.15, -0.1) is 0 Å². The number of anilines is 1. The molecule has 2 heterocycles. The molecule has 2 aromatic rings. The van der Waals surface area contributed by atoms with Gasteiger partial charge in [-0.2, -0.15) is 0 Å². The highest BCUT2D eigenvalue weighted by Crippen LogP contribution is 2.21. The van der Waals surface area contributed by atoms with Gasteiger partial charge in [-0.25, -0.2) is 4.79 Å². The second kappa shape index (κ2) is 6.39. The maximum absolute atomic E-state index is 12.4. The van der Waals surface area contributed by atoms with Crippen molar-refractivity contribution >= 4 is 11.6 Å². The van der Waals surface area contributed by atoms with Gasteiger partial charge in [0.25, 0.3) is 5.91 Å². The summed E-state index contributed by atoms with van der Waals surface area (Å²) in [5, 5.41) is 0. The molecule has 0 saturated carbocycles. The fourth-order valence-corrected chi connectivity index (χ4v) is 2.60. The van der Waals surface area contributed by atoms with Crippen LogP contribution in [0.2, 0.25) is 0 Å². The predicted molar refractivity (Wildman–Crippen MR) is 90.8 cm³/mol. The number of rotatable bonds is 4. The summed E-state index contributed by atoms with van der Waals surface area (Å²) >= 11 is 0. The van der Waals surface area contributed by atoms with Crippen LogP contribution in [0.25, 0.3) is 0 Å². The number of carbonyl (C=O) groups is 1. The highest BCUT2D eigenvalue weighted by Gasteiger charge is 2.33. The molecule has 6 heteroatoms. The number of likely N-dealkylation sites (tertiary alicyclic amines) is 1. The summed E-state index contributed by atoms with van der Waals surface area (Å²) in [6.45, 7) is 2.71. The monoisotopic (exact) mass is 328 g/mol. The van der Waals surface area contributed by atoms with Crippen LogP contribution in [0.5, 0.6) is 5.75 Å². The fraction of sp³-hybridized carbons (Fsp3) is 0.333. The smallest absolute Gasteiger partial charge is 0.339 e. The molecule has 1 amide bonds. The minimum atomic E-state index is -0.432. The molecule has 1 aromatic carbocycles. The molecule has 24 heavy (non-hydrogen) atoms. The fourth-order valence-electron chi connectivity index (χ4n) is 2.60. The number of aryl methyl sites for hydroxylation is 1. The van der Waals surface area contributed by atoms with Crippen molar-refractivity contribution in [2.24, 2.45) is 0 Å². The molecular formula is C18H20N2O4. The van der Waals surface area contributed by atoms with E-state index in [1.165, 1.54) is 6.07 Å². The molecule has 0 radical (unpaired) electrons. The molecule has 6 nitrogen and oxygen atoms in total. The molecular weight excluding hydrogens is 308 g/mol. The van der Waals surface area contributed by atoms with Crippen LogP contribution in [0.3, 0.4) is 0 Å². The zero-order valence-electron chi connectivity index (χ0n) is 14.0. The van der Waals surface area contributed by atoms with Crippen molar-refractivity contribution in [2.45, 2.75) is 13.0 Å². The van der Waals surface area contributed by atoms with E-state index in [2.05, 4.69) is 0 Å². The third-order valence-corrected chi connectivity index (χ3v) is 3.94. The molecule has 1 aromatic heterocycles. The van der Waals surface area contributed by atoms with Crippen molar-refractivity contribution in [1.29, 1.82) is 0 Å². The SMILES string of the molecule is Cc1cc(OC2CN(C(=O)c3ccc(N(C)C)cc3)C2)cc(=O)o1. The van der Waals surface area contributed by atoms with Crippen LogP contribution < -0.4 is 15.3 Å². The summed E-state index contributed by atoms with van der Waals surface area (Å²) in [5.41, 5.74) is 1.28. The van der Waals surface area contributed by atoms with Crippen molar-refractivity contribution < 1.29 is 13.9 Å². The Kier molecular flexibility index (Phi) is 4.29. The Morgan fingerprint density at radius 3 is 2.46 bits per heavy atom. The highest BCUT2D eigenvalue weighted by molar-refractivity contribution is 5.95. The minimum Gasteiger partial charge on any atom is -0.486 e. The maximum atomic E-state index is 12.4. The van der Waals surface area contributed by atoms with Crippen molar-refractivity contribution in [3.05, 3.63) is 58.1 Å². The number of carbonyl (C=O) groups excluding carboxylic acids is 1. The third-order valence-electron chi connectivity index (χ3n) is 3.94. The van der Waals surface area contributed by atoms with E-state index in [1.54, 1.807) is 17.9 Å². The number of benzene rings is 1. The van der Waals surface area contributed by atoms with E-state index < -0.39 is 5.63 Å². The van der Waals surface area contributed by atoms with Crippen LogP contribution >= 0.6 is 0 Å². The molecule has 1 aliphatic heterocycles. The van der Waals surface area contributed by atoms with Crippen molar-refractivity contribution in [3.8, 4) is 5.75 Å². The second-order valence-corrected chi connectivity index (χ2v) is 6.11. The molecule has 0 unspecified atom stereocenters.